The van der Waals surface area contributed by atoms with Gasteiger partial charge in [0.1, 0.15) is 11.4 Å². The van der Waals surface area contributed by atoms with Crippen LogP contribution in [-0.4, -0.2) is 16.9 Å². The Morgan fingerprint density at radius 1 is 1.04 bits per heavy atom. The van der Waals surface area contributed by atoms with E-state index < -0.39 is 17.6 Å². The average molecular weight is 405 g/mol. The number of thiocarbonyl (C=S) groups is 1. The molecule has 1 N–H and O–H groups in total. The molecule has 1 heterocycles. The zero-order valence-electron chi connectivity index (χ0n) is 12.1. The number of benzene rings is 2. The van der Waals surface area contributed by atoms with Gasteiger partial charge in [-0.1, -0.05) is 28.1 Å². The Morgan fingerprint density at radius 2 is 1.67 bits per heavy atom. The molecule has 0 aromatic heterocycles. The molecular weight excluding hydrogens is 395 g/mol. The SMILES string of the molecule is O=C1NC(=S)N(c2ccc(F)cc2)C(=O)C1=Cc1ccc(Br)cc1. The van der Waals surface area contributed by atoms with Crippen LogP contribution in [0.4, 0.5) is 10.1 Å². The van der Waals surface area contributed by atoms with Crippen LogP contribution < -0.4 is 10.2 Å². The molecule has 0 bridgehead atoms. The fraction of sp³-hybridized carbons (Fsp3) is 0. The minimum absolute atomic E-state index is 0.0374. The lowest BCUT2D eigenvalue weighted by atomic mass is 10.1. The molecule has 1 aliphatic heterocycles. The zero-order valence-corrected chi connectivity index (χ0v) is 14.5. The summed E-state index contributed by atoms with van der Waals surface area (Å²) in [6, 6.07) is 12.4. The Hall–Kier alpha value is -2.38. The van der Waals surface area contributed by atoms with Crippen molar-refractivity contribution in [2.75, 3.05) is 4.90 Å². The van der Waals surface area contributed by atoms with Gasteiger partial charge in [0.05, 0.1) is 5.69 Å². The van der Waals surface area contributed by atoms with Crippen LogP contribution in [0, 0.1) is 5.82 Å². The maximum absolute atomic E-state index is 13.1. The van der Waals surface area contributed by atoms with E-state index >= 15 is 0 Å². The first-order chi connectivity index (χ1) is 11.5. The molecule has 2 amide bonds. The molecule has 0 saturated carbocycles. The van der Waals surface area contributed by atoms with E-state index in [1.165, 1.54) is 35.2 Å². The number of anilines is 1. The van der Waals surface area contributed by atoms with E-state index in [2.05, 4.69) is 21.2 Å². The zero-order chi connectivity index (χ0) is 17.3. The number of carbonyl (C=O) groups excluding carboxylic acids is 2. The summed E-state index contributed by atoms with van der Waals surface area (Å²) in [5, 5.41) is 2.44. The summed E-state index contributed by atoms with van der Waals surface area (Å²) in [5.41, 5.74) is 1.03. The van der Waals surface area contributed by atoms with Gasteiger partial charge in [0.15, 0.2) is 5.11 Å². The second kappa shape index (κ2) is 6.62. The highest BCUT2D eigenvalue weighted by molar-refractivity contribution is 9.10. The molecule has 24 heavy (non-hydrogen) atoms. The lowest BCUT2D eigenvalue weighted by Gasteiger charge is -2.28. The number of carbonyl (C=O) groups is 2. The van der Waals surface area contributed by atoms with Crippen LogP contribution in [0.15, 0.2) is 58.6 Å². The van der Waals surface area contributed by atoms with Gasteiger partial charge in [-0.25, -0.2) is 4.39 Å². The smallest absolute Gasteiger partial charge is 0.270 e. The first-order valence-corrected chi connectivity index (χ1v) is 8.08. The lowest BCUT2D eigenvalue weighted by molar-refractivity contribution is -0.122. The van der Waals surface area contributed by atoms with Crippen molar-refractivity contribution in [1.29, 1.82) is 0 Å². The van der Waals surface area contributed by atoms with E-state index in [-0.39, 0.29) is 10.7 Å². The fourth-order valence-corrected chi connectivity index (χ4v) is 2.75. The van der Waals surface area contributed by atoms with Crippen molar-refractivity contribution in [2.45, 2.75) is 0 Å². The van der Waals surface area contributed by atoms with E-state index in [1.807, 2.05) is 0 Å². The van der Waals surface area contributed by atoms with E-state index in [0.29, 0.717) is 11.3 Å². The summed E-state index contributed by atoms with van der Waals surface area (Å²) in [5.74, 6) is -1.55. The lowest BCUT2D eigenvalue weighted by Crippen LogP contribution is -2.54. The van der Waals surface area contributed by atoms with Crippen LogP contribution in [0.3, 0.4) is 0 Å². The monoisotopic (exact) mass is 404 g/mol. The molecule has 2 aromatic rings. The van der Waals surface area contributed by atoms with Crippen LogP contribution in [-0.2, 0) is 9.59 Å². The average Bonchev–Trinajstić information content (AvgIpc) is 2.55. The number of nitrogens with zero attached hydrogens (tertiary/aromatic N) is 1. The number of rotatable bonds is 2. The Balaban J connectivity index is 1.99. The van der Waals surface area contributed by atoms with Gasteiger partial charge in [0.25, 0.3) is 11.8 Å². The van der Waals surface area contributed by atoms with Gasteiger partial charge in [-0.15, -0.1) is 0 Å². The topological polar surface area (TPSA) is 49.4 Å². The normalized spacial score (nSPS) is 16.5. The minimum Gasteiger partial charge on any atom is -0.298 e. The summed E-state index contributed by atoms with van der Waals surface area (Å²) in [6.07, 6.45) is 1.49. The van der Waals surface area contributed by atoms with Crippen molar-refractivity contribution >= 4 is 56.8 Å². The van der Waals surface area contributed by atoms with E-state index in [1.54, 1.807) is 24.3 Å². The number of halogens is 2. The van der Waals surface area contributed by atoms with Crippen LogP contribution >= 0.6 is 28.1 Å². The third-order valence-electron chi connectivity index (χ3n) is 3.37. The molecule has 0 aliphatic carbocycles. The molecular formula is C17H10BrFN2O2S. The molecule has 0 radical (unpaired) electrons. The van der Waals surface area contributed by atoms with Crippen molar-refractivity contribution in [3.8, 4) is 0 Å². The largest absolute Gasteiger partial charge is 0.298 e. The number of hydrogen-bond donors (Lipinski definition) is 1. The van der Waals surface area contributed by atoms with E-state index in [9.17, 15) is 14.0 Å². The van der Waals surface area contributed by atoms with Crippen molar-refractivity contribution in [2.24, 2.45) is 0 Å². The summed E-state index contributed by atoms with van der Waals surface area (Å²) in [6.45, 7) is 0. The molecule has 1 saturated heterocycles. The molecule has 0 unspecified atom stereocenters. The van der Waals surface area contributed by atoms with Crippen molar-refractivity contribution in [1.82, 2.24) is 5.32 Å². The van der Waals surface area contributed by atoms with Gasteiger partial charge < -0.3 is 0 Å². The summed E-state index contributed by atoms with van der Waals surface area (Å²) >= 11 is 8.40. The second-order valence-electron chi connectivity index (χ2n) is 4.99. The summed E-state index contributed by atoms with van der Waals surface area (Å²) < 4.78 is 14.0. The highest BCUT2D eigenvalue weighted by Gasteiger charge is 2.34. The Bertz CT molecular complexity index is 863. The van der Waals surface area contributed by atoms with Crippen LogP contribution in [0.5, 0.6) is 0 Å². The predicted octanol–water partition coefficient (Wildman–Crippen LogP) is 3.42. The van der Waals surface area contributed by atoms with Crippen LogP contribution in [0.25, 0.3) is 6.08 Å². The molecule has 0 spiro atoms. The van der Waals surface area contributed by atoms with Gasteiger partial charge in [-0.05, 0) is 60.3 Å². The van der Waals surface area contributed by atoms with Crippen molar-refractivity contribution in [3.05, 3.63) is 70.0 Å². The van der Waals surface area contributed by atoms with Crippen LogP contribution in [0.1, 0.15) is 5.56 Å². The number of amides is 2. The number of nitrogens with one attached hydrogen (secondary N) is 1. The quantitative estimate of drug-likeness (QED) is 0.473. The molecule has 4 nitrogen and oxygen atoms in total. The molecule has 7 heteroatoms. The maximum Gasteiger partial charge on any atom is 0.270 e. The maximum atomic E-state index is 13.1. The third-order valence-corrected chi connectivity index (χ3v) is 4.18. The molecule has 120 valence electrons. The molecule has 2 aromatic carbocycles. The van der Waals surface area contributed by atoms with Crippen LogP contribution in [0.2, 0.25) is 0 Å². The van der Waals surface area contributed by atoms with E-state index in [4.69, 9.17) is 12.2 Å². The standard InChI is InChI=1S/C17H10BrFN2O2S/c18-11-3-1-10(2-4-11)9-14-15(22)20-17(24)21(16(14)23)13-7-5-12(19)6-8-13/h1-9H,(H,20,22,24). The summed E-state index contributed by atoms with van der Waals surface area (Å²) in [7, 11) is 0. The van der Waals surface area contributed by atoms with Gasteiger partial charge in [0, 0.05) is 4.47 Å². The van der Waals surface area contributed by atoms with Gasteiger partial charge in [-0.2, -0.15) is 0 Å². The minimum atomic E-state index is -0.564. The first kappa shape index (κ1) is 16.5. The highest BCUT2D eigenvalue weighted by Crippen LogP contribution is 2.22. The Kier molecular flexibility index (Phi) is 4.55. The fourth-order valence-electron chi connectivity index (χ4n) is 2.21. The molecule has 3 rings (SSSR count). The van der Waals surface area contributed by atoms with Gasteiger partial charge in [0.2, 0.25) is 0 Å². The van der Waals surface area contributed by atoms with Crippen molar-refractivity contribution in [3.63, 3.8) is 0 Å². The third kappa shape index (κ3) is 3.27. The Morgan fingerprint density at radius 3 is 2.29 bits per heavy atom. The molecule has 1 fully saturated rings. The Labute approximate surface area is 151 Å². The second-order valence-corrected chi connectivity index (χ2v) is 6.29. The summed E-state index contributed by atoms with van der Waals surface area (Å²) in [4.78, 5) is 26.0. The molecule has 0 atom stereocenters. The predicted molar refractivity (Wildman–Crippen MR) is 96.7 cm³/mol. The first-order valence-electron chi connectivity index (χ1n) is 6.88. The highest BCUT2D eigenvalue weighted by atomic mass is 79.9. The molecule has 1 aliphatic rings. The number of hydrogen-bond acceptors (Lipinski definition) is 3. The van der Waals surface area contributed by atoms with Crippen molar-refractivity contribution < 1.29 is 14.0 Å². The van der Waals surface area contributed by atoms with Gasteiger partial charge >= 0.3 is 0 Å². The van der Waals surface area contributed by atoms with Gasteiger partial charge in [-0.3, -0.25) is 19.8 Å². The van der Waals surface area contributed by atoms with E-state index in [0.717, 1.165) is 4.47 Å².